The van der Waals surface area contributed by atoms with Crippen molar-refractivity contribution in [3.05, 3.63) is 162 Å². The highest BCUT2D eigenvalue weighted by Crippen LogP contribution is 2.66. The molecule has 6 aromatic carbocycles. The minimum atomic E-state index is 0.112. The summed E-state index contributed by atoms with van der Waals surface area (Å²) in [6.45, 7) is 2.43. The number of hydrogen-bond acceptors (Lipinski definition) is 1. The normalized spacial score (nSPS) is 24.1. The number of anilines is 3. The minimum Gasteiger partial charge on any atom is -0.310 e. The van der Waals surface area contributed by atoms with Crippen LogP contribution < -0.4 is 4.90 Å². The molecular formula is C53H51N. The number of fused-ring (bicyclic) bond motifs is 8. The number of benzene rings is 6. The van der Waals surface area contributed by atoms with Crippen molar-refractivity contribution in [1.29, 1.82) is 0 Å². The van der Waals surface area contributed by atoms with Crippen LogP contribution in [0.15, 0.2) is 140 Å². The van der Waals surface area contributed by atoms with Crippen LogP contribution in [0.3, 0.4) is 0 Å². The van der Waals surface area contributed by atoms with Gasteiger partial charge in [-0.25, -0.2) is 0 Å². The van der Waals surface area contributed by atoms with Crippen LogP contribution in [0.1, 0.15) is 99.8 Å². The Kier molecular flexibility index (Phi) is 7.59. The van der Waals surface area contributed by atoms with E-state index in [-0.39, 0.29) is 10.8 Å². The second-order valence-corrected chi connectivity index (χ2v) is 17.4. The molecule has 0 amide bonds. The van der Waals surface area contributed by atoms with Gasteiger partial charge in [0.2, 0.25) is 0 Å². The second-order valence-electron chi connectivity index (χ2n) is 17.4. The van der Waals surface area contributed by atoms with Gasteiger partial charge in [-0.05, 0) is 148 Å². The Hall–Kier alpha value is -4.88. The van der Waals surface area contributed by atoms with Crippen molar-refractivity contribution in [3.8, 4) is 33.4 Å². The zero-order chi connectivity index (χ0) is 35.9. The van der Waals surface area contributed by atoms with E-state index in [4.69, 9.17) is 0 Å². The molecule has 5 aliphatic carbocycles. The van der Waals surface area contributed by atoms with Gasteiger partial charge in [-0.1, -0.05) is 142 Å². The smallest absolute Gasteiger partial charge is 0.0468 e. The van der Waals surface area contributed by atoms with Crippen LogP contribution in [-0.2, 0) is 10.8 Å². The van der Waals surface area contributed by atoms with Crippen molar-refractivity contribution in [3.63, 3.8) is 0 Å². The van der Waals surface area contributed by atoms with Crippen molar-refractivity contribution in [2.45, 2.75) is 88.4 Å². The first kappa shape index (κ1) is 32.5. The maximum absolute atomic E-state index is 2.59. The van der Waals surface area contributed by atoms with Crippen LogP contribution in [0.2, 0.25) is 0 Å². The molecule has 3 fully saturated rings. The van der Waals surface area contributed by atoms with Crippen LogP contribution in [0.5, 0.6) is 0 Å². The molecule has 2 spiro atoms. The molecule has 5 aliphatic rings. The summed E-state index contributed by atoms with van der Waals surface area (Å²) in [4.78, 5) is 2.57. The van der Waals surface area contributed by atoms with E-state index in [2.05, 4.69) is 151 Å². The third-order valence-electron chi connectivity index (χ3n) is 15.0. The van der Waals surface area contributed by atoms with Crippen molar-refractivity contribution in [2.75, 3.05) is 4.90 Å². The fraction of sp³-hybridized carbons (Fsp3) is 0.321. The second kappa shape index (κ2) is 12.6. The van der Waals surface area contributed by atoms with Gasteiger partial charge in [0, 0.05) is 27.9 Å². The maximum atomic E-state index is 2.59. The van der Waals surface area contributed by atoms with Crippen LogP contribution in [0.25, 0.3) is 33.4 Å². The van der Waals surface area contributed by atoms with Gasteiger partial charge in [-0.15, -0.1) is 0 Å². The quantitative estimate of drug-likeness (QED) is 0.173. The van der Waals surface area contributed by atoms with Crippen LogP contribution >= 0.6 is 0 Å². The van der Waals surface area contributed by atoms with Crippen molar-refractivity contribution >= 4 is 17.1 Å². The predicted molar refractivity (Wildman–Crippen MR) is 226 cm³/mol. The molecule has 1 heteroatoms. The Labute approximate surface area is 322 Å². The van der Waals surface area contributed by atoms with E-state index in [0.717, 1.165) is 17.8 Å². The topological polar surface area (TPSA) is 3.24 Å². The van der Waals surface area contributed by atoms with E-state index < -0.39 is 0 Å². The van der Waals surface area contributed by atoms with Gasteiger partial charge >= 0.3 is 0 Å². The van der Waals surface area contributed by atoms with Crippen LogP contribution in [-0.4, -0.2) is 0 Å². The monoisotopic (exact) mass is 701 g/mol. The lowest BCUT2D eigenvalue weighted by Crippen LogP contribution is -2.49. The highest BCUT2D eigenvalue weighted by atomic mass is 15.1. The SMILES string of the molecule is CCC1CC2CCCC(C1)C21c2ccccc2-c2cc(N(c3ccc(-c4ccccc4)cc3)c3ccc4c(c3)C3(CCCCC3)c3ccccc3-4)ccc21. The molecular weight excluding hydrogens is 651 g/mol. The predicted octanol–water partition coefficient (Wildman–Crippen LogP) is 14.6. The van der Waals surface area contributed by atoms with Crippen molar-refractivity contribution < 1.29 is 0 Å². The third-order valence-corrected chi connectivity index (χ3v) is 15.0. The van der Waals surface area contributed by atoms with Gasteiger partial charge in [0.1, 0.15) is 0 Å². The molecule has 0 aliphatic heterocycles. The number of nitrogens with zero attached hydrogens (tertiary/aromatic N) is 1. The largest absolute Gasteiger partial charge is 0.310 e. The van der Waals surface area contributed by atoms with E-state index in [1.165, 1.54) is 127 Å². The zero-order valence-corrected chi connectivity index (χ0v) is 31.7. The van der Waals surface area contributed by atoms with Gasteiger partial charge in [-0.2, -0.15) is 0 Å². The fourth-order valence-electron chi connectivity index (χ4n) is 12.8. The molecule has 1 nitrogen and oxygen atoms in total. The standard InChI is InChI=1S/C53H51N/c1-2-36-32-39-16-13-17-40(33-36)53(39)49-21-10-8-19-45(49)47-34-42(27-29-50(47)53)54(41-24-22-38(23-25-41)37-14-5-3-6-15-37)43-26-28-46-44-18-7-9-20-48(44)52(51(46)35-43)30-11-4-12-31-52/h3,5-10,14-15,18-29,34-36,39-40H,2,4,11-13,16-17,30-33H2,1H3. The molecule has 0 radical (unpaired) electrons. The minimum absolute atomic E-state index is 0.112. The van der Waals surface area contributed by atoms with Crippen molar-refractivity contribution in [1.82, 2.24) is 0 Å². The van der Waals surface area contributed by atoms with E-state index >= 15 is 0 Å². The molecule has 268 valence electrons. The summed E-state index contributed by atoms with van der Waals surface area (Å²) in [5.41, 5.74) is 18.7. The Bertz CT molecular complexity index is 2350. The van der Waals surface area contributed by atoms with E-state index in [1.54, 1.807) is 16.7 Å². The summed E-state index contributed by atoms with van der Waals surface area (Å²) in [6.07, 6.45) is 14.6. The van der Waals surface area contributed by atoms with E-state index in [0.29, 0.717) is 0 Å². The summed E-state index contributed by atoms with van der Waals surface area (Å²) in [6, 6.07) is 54.0. The Morgan fingerprint density at radius 3 is 1.80 bits per heavy atom. The Morgan fingerprint density at radius 1 is 0.481 bits per heavy atom. The summed E-state index contributed by atoms with van der Waals surface area (Å²) >= 11 is 0. The van der Waals surface area contributed by atoms with E-state index in [1.807, 2.05) is 0 Å². The van der Waals surface area contributed by atoms with Gasteiger partial charge in [0.05, 0.1) is 0 Å². The molecule has 11 rings (SSSR count). The number of hydrogen-bond donors (Lipinski definition) is 0. The first-order valence-corrected chi connectivity index (χ1v) is 21.1. The molecule has 2 unspecified atom stereocenters. The van der Waals surface area contributed by atoms with Gasteiger partial charge in [0.15, 0.2) is 0 Å². The maximum Gasteiger partial charge on any atom is 0.0468 e. The molecule has 0 N–H and O–H groups in total. The lowest BCUT2D eigenvalue weighted by Gasteiger charge is -2.55. The van der Waals surface area contributed by atoms with Gasteiger partial charge in [0.25, 0.3) is 0 Å². The molecule has 6 aromatic rings. The van der Waals surface area contributed by atoms with Gasteiger partial charge < -0.3 is 4.90 Å². The summed E-state index contributed by atoms with van der Waals surface area (Å²) in [7, 11) is 0. The Morgan fingerprint density at radius 2 is 1.06 bits per heavy atom. The first-order valence-electron chi connectivity index (χ1n) is 21.1. The average molecular weight is 702 g/mol. The molecule has 2 bridgehead atoms. The molecule has 2 atom stereocenters. The van der Waals surface area contributed by atoms with Gasteiger partial charge in [-0.3, -0.25) is 0 Å². The molecule has 0 heterocycles. The number of rotatable bonds is 5. The zero-order valence-electron chi connectivity index (χ0n) is 31.7. The van der Waals surface area contributed by atoms with E-state index in [9.17, 15) is 0 Å². The molecule has 0 aromatic heterocycles. The van der Waals surface area contributed by atoms with Crippen LogP contribution in [0.4, 0.5) is 17.1 Å². The summed E-state index contributed by atoms with van der Waals surface area (Å²) < 4.78 is 0. The molecule has 54 heavy (non-hydrogen) atoms. The van der Waals surface area contributed by atoms with Crippen LogP contribution in [0, 0.1) is 17.8 Å². The Balaban J connectivity index is 1.09. The average Bonchev–Trinajstić information content (AvgIpc) is 3.65. The van der Waals surface area contributed by atoms with Crippen molar-refractivity contribution in [2.24, 2.45) is 17.8 Å². The highest BCUT2D eigenvalue weighted by molar-refractivity contribution is 5.90. The lowest BCUT2D eigenvalue weighted by molar-refractivity contribution is 0.0492. The highest BCUT2D eigenvalue weighted by Gasteiger charge is 2.57. The molecule has 3 saturated carbocycles. The molecule has 0 saturated heterocycles. The summed E-state index contributed by atoms with van der Waals surface area (Å²) in [5, 5.41) is 0. The first-order chi connectivity index (χ1) is 26.7. The summed E-state index contributed by atoms with van der Waals surface area (Å²) in [5.74, 6) is 2.33. The third kappa shape index (κ3) is 4.63. The fourth-order valence-corrected chi connectivity index (χ4v) is 12.8. The lowest BCUT2D eigenvalue weighted by atomic mass is 9.49.